The van der Waals surface area contributed by atoms with Gasteiger partial charge in [-0.15, -0.1) is 0 Å². The molecule has 0 radical (unpaired) electrons. The third-order valence-electron chi connectivity index (χ3n) is 4.76. The maximum Gasteiger partial charge on any atom is 0.239 e. The van der Waals surface area contributed by atoms with Crippen LogP contribution in [0.2, 0.25) is 0 Å². The van der Waals surface area contributed by atoms with E-state index in [9.17, 15) is 4.79 Å². The van der Waals surface area contributed by atoms with Crippen LogP contribution in [0.5, 0.6) is 0 Å². The molecule has 4 heteroatoms. The monoisotopic (exact) mass is 281 g/mol. The summed E-state index contributed by atoms with van der Waals surface area (Å²) < 4.78 is 0. The molecule has 2 fully saturated rings. The van der Waals surface area contributed by atoms with E-state index < -0.39 is 0 Å². The van der Waals surface area contributed by atoms with Gasteiger partial charge in [0.15, 0.2) is 0 Å². The normalized spacial score (nSPS) is 24.1. The fourth-order valence-electron chi connectivity index (χ4n) is 3.60. The van der Waals surface area contributed by atoms with Crippen LogP contribution in [0.4, 0.5) is 0 Å². The zero-order valence-electron chi connectivity index (χ0n) is 13.2. The predicted octanol–water partition coefficient (Wildman–Crippen LogP) is 1.84. The van der Waals surface area contributed by atoms with E-state index in [1.165, 1.54) is 32.1 Å². The van der Waals surface area contributed by atoms with Crippen molar-refractivity contribution in [3.8, 4) is 0 Å². The average molecular weight is 281 g/mol. The molecule has 1 aliphatic carbocycles. The van der Waals surface area contributed by atoms with Crippen LogP contribution < -0.4 is 5.73 Å². The highest BCUT2D eigenvalue weighted by molar-refractivity contribution is 5.81. The Morgan fingerprint density at radius 3 is 2.25 bits per heavy atom. The van der Waals surface area contributed by atoms with Gasteiger partial charge in [0.05, 0.1) is 6.04 Å². The summed E-state index contributed by atoms with van der Waals surface area (Å²) in [4.78, 5) is 16.9. The molecule has 1 heterocycles. The Bertz CT molecular complexity index is 305. The minimum Gasteiger partial charge on any atom is -0.339 e. The largest absolute Gasteiger partial charge is 0.339 e. The van der Waals surface area contributed by atoms with E-state index >= 15 is 0 Å². The number of carbonyl (C=O) groups is 1. The second-order valence-electron chi connectivity index (χ2n) is 6.89. The van der Waals surface area contributed by atoms with Crippen molar-refractivity contribution in [2.75, 3.05) is 26.2 Å². The second-order valence-corrected chi connectivity index (χ2v) is 6.89. The third kappa shape index (κ3) is 4.19. The van der Waals surface area contributed by atoms with Crippen molar-refractivity contribution in [3.05, 3.63) is 0 Å². The lowest BCUT2D eigenvalue weighted by atomic mass is 9.93. The van der Waals surface area contributed by atoms with Crippen LogP contribution in [0, 0.1) is 5.92 Å². The van der Waals surface area contributed by atoms with Crippen molar-refractivity contribution >= 4 is 5.91 Å². The highest BCUT2D eigenvalue weighted by Gasteiger charge is 2.29. The average Bonchev–Trinajstić information content (AvgIpc) is 2.47. The molecule has 0 aromatic heterocycles. The number of nitrogens with two attached hydrogens (primary N) is 1. The standard InChI is InChI=1S/C16H31N3O/c1-13(2)12-15(17)16(20)19-10-8-18(9-11-19)14-6-4-3-5-7-14/h13-15H,3-12,17H2,1-2H3/t15-/m0/s1. The minimum atomic E-state index is -0.309. The molecule has 2 rings (SSSR count). The van der Waals surface area contributed by atoms with Crippen molar-refractivity contribution in [1.29, 1.82) is 0 Å². The molecule has 0 spiro atoms. The zero-order chi connectivity index (χ0) is 14.5. The summed E-state index contributed by atoms with van der Waals surface area (Å²) >= 11 is 0. The van der Waals surface area contributed by atoms with Crippen molar-refractivity contribution in [3.63, 3.8) is 0 Å². The number of carbonyl (C=O) groups excluding carboxylic acids is 1. The van der Waals surface area contributed by atoms with E-state index in [1.54, 1.807) is 0 Å². The molecule has 1 saturated heterocycles. The topological polar surface area (TPSA) is 49.6 Å². The molecule has 20 heavy (non-hydrogen) atoms. The summed E-state index contributed by atoms with van der Waals surface area (Å²) in [5.41, 5.74) is 6.02. The SMILES string of the molecule is CC(C)C[C@H](N)C(=O)N1CCN(C2CCCCC2)CC1. The number of hydrogen-bond acceptors (Lipinski definition) is 3. The van der Waals surface area contributed by atoms with Crippen molar-refractivity contribution in [2.24, 2.45) is 11.7 Å². The first-order chi connectivity index (χ1) is 9.58. The molecule has 0 aromatic rings. The Balaban J connectivity index is 1.77. The van der Waals surface area contributed by atoms with Crippen LogP contribution in [-0.4, -0.2) is 54.0 Å². The first kappa shape index (κ1) is 15.8. The van der Waals surface area contributed by atoms with E-state index in [-0.39, 0.29) is 11.9 Å². The molecule has 1 amide bonds. The first-order valence-corrected chi connectivity index (χ1v) is 8.36. The summed E-state index contributed by atoms with van der Waals surface area (Å²) in [6.07, 6.45) is 7.65. The molecular weight excluding hydrogens is 250 g/mol. The zero-order valence-corrected chi connectivity index (χ0v) is 13.2. The molecule has 0 unspecified atom stereocenters. The number of rotatable bonds is 4. The third-order valence-corrected chi connectivity index (χ3v) is 4.76. The van der Waals surface area contributed by atoms with E-state index in [0.29, 0.717) is 5.92 Å². The van der Waals surface area contributed by atoms with E-state index in [4.69, 9.17) is 5.73 Å². The van der Waals surface area contributed by atoms with Gasteiger partial charge in [-0.1, -0.05) is 33.1 Å². The number of nitrogens with zero attached hydrogens (tertiary/aromatic N) is 2. The highest BCUT2D eigenvalue weighted by Crippen LogP contribution is 2.23. The quantitative estimate of drug-likeness (QED) is 0.855. The number of amides is 1. The number of piperazine rings is 1. The summed E-state index contributed by atoms with van der Waals surface area (Å²) in [7, 11) is 0. The van der Waals surface area contributed by atoms with Gasteiger partial charge < -0.3 is 10.6 Å². The lowest BCUT2D eigenvalue weighted by molar-refractivity contribution is -0.135. The van der Waals surface area contributed by atoms with Gasteiger partial charge in [0, 0.05) is 32.2 Å². The van der Waals surface area contributed by atoms with Gasteiger partial charge in [-0.2, -0.15) is 0 Å². The Kier molecular flexibility index (Phi) is 5.85. The van der Waals surface area contributed by atoms with Crippen LogP contribution in [0.25, 0.3) is 0 Å². The fourth-order valence-corrected chi connectivity index (χ4v) is 3.60. The summed E-state index contributed by atoms with van der Waals surface area (Å²) in [6.45, 7) is 8.03. The maximum absolute atomic E-state index is 12.3. The van der Waals surface area contributed by atoms with Gasteiger partial charge in [0.2, 0.25) is 5.91 Å². The van der Waals surface area contributed by atoms with Crippen molar-refractivity contribution < 1.29 is 4.79 Å². The van der Waals surface area contributed by atoms with E-state index in [2.05, 4.69) is 18.7 Å². The maximum atomic E-state index is 12.3. The van der Waals surface area contributed by atoms with Gasteiger partial charge in [0.1, 0.15) is 0 Å². The summed E-state index contributed by atoms with van der Waals surface area (Å²) in [5, 5.41) is 0. The molecule has 2 N–H and O–H groups in total. The van der Waals surface area contributed by atoms with Gasteiger partial charge >= 0.3 is 0 Å². The molecule has 2 aliphatic rings. The Morgan fingerprint density at radius 1 is 1.10 bits per heavy atom. The van der Waals surface area contributed by atoms with Gasteiger partial charge in [0.25, 0.3) is 0 Å². The van der Waals surface area contributed by atoms with Gasteiger partial charge in [-0.05, 0) is 25.2 Å². The predicted molar refractivity (Wildman–Crippen MR) is 82.5 cm³/mol. The molecule has 1 aliphatic heterocycles. The summed E-state index contributed by atoms with van der Waals surface area (Å²) in [5.74, 6) is 0.638. The van der Waals surface area contributed by atoms with E-state index in [1.807, 2.05) is 4.90 Å². The van der Waals surface area contributed by atoms with Crippen LogP contribution in [-0.2, 0) is 4.79 Å². The number of hydrogen-bond donors (Lipinski definition) is 1. The lowest BCUT2D eigenvalue weighted by Crippen LogP contribution is -2.55. The molecular formula is C16H31N3O. The molecule has 1 saturated carbocycles. The Morgan fingerprint density at radius 2 is 1.70 bits per heavy atom. The Hall–Kier alpha value is -0.610. The highest BCUT2D eigenvalue weighted by atomic mass is 16.2. The molecule has 116 valence electrons. The van der Waals surface area contributed by atoms with Crippen LogP contribution >= 0.6 is 0 Å². The summed E-state index contributed by atoms with van der Waals surface area (Å²) in [6, 6.07) is 0.460. The fraction of sp³-hybridized carbons (Fsp3) is 0.938. The molecule has 4 nitrogen and oxygen atoms in total. The Labute approximate surface area is 123 Å². The van der Waals surface area contributed by atoms with Crippen LogP contribution in [0.1, 0.15) is 52.4 Å². The first-order valence-electron chi connectivity index (χ1n) is 8.36. The van der Waals surface area contributed by atoms with Gasteiger partial charge in [-0.3, -0.25) is 9.69 Å². The van der Waals surface area contributed by atoms with Crippen LogP contribution in [0.3, 0.4) is 0 Å². The van der Waals surface area contributed by atoms with Crippen molar-refractivity contribution in [1.82, 2.24) is 9.80 Å². The van der Waals surface area contributed by atoms with E-state index in [0.717, 1.165) is 38.6 Å². The second kappa shape index (κ2) is 7.41. The molecule has 1 atom stereocenters. The van der Waals surface area contributed by atoms with Crippen LogP contribution in [0.15, 0.2) is 0 Å². The lowest BCUT2D eigenvalue weighted by Gasteiger charge is -2.41. The smallest absolute Gasteiger partial charge is 0.239 e. The molecule has 0 bridgehead atoms. The molecule has 0 aromatic carbocycles. The minimum absolute atomic E-state index is 0.155. The van der Waals surface area contributed by atoms with Crippen molar-refractivity contribution in [2.45, 2.75) is 64.5 Å². The van der Waals surface area contributed by atoms with Gasteiger partial charge in [-0.25, -0.2) is 0 Å².